The van der Waals surface area contributed by atoms with Gasteiger partial charge in [0.15, 0.2) is 11.3 Å². The molecule has 1 amide bonds. The van der Waals surface area contributed by atoms with Gasteiger partial charge in [-0.25, -0.2) is 5.01 Å². The fraction of sp³-hybridized carbons (Fsp3) is 0.286. The van der Waals surface area contributed by atoms with Gasteiger partial charge < -0.3 is 4.74 Å². The number of nitro benzene ring substituents is 1. The van der Waals surface area contributed by atoms with Gasteiger partial charge in [0.1, 0.15) is 11.4 Å². The number of carbonyl (C=O) groups is 1. The minimum absolute atomic E-state index is 0.0805. The molecule has 160 valence electrons. The van der Waals surface area contributed by atoms with Crippen molar-refractivity contribution >= 4 is 34.2 Å². The van der Waals surface area contributed by atoms with E-state index in [9.17, 15) is 14.9 Å². The molecule has 2 aliphatic heterocycles. The molecule has 2 aromatic rings. The minimum atomic E-state index is -0.782. The molecule has 4 rings (SSSR count). The maximum absolute atomic E-state index is 13.0. The zero-order chi connectivity index (χ0) is 22.0. The van der Waals surface area contributed by atoms with E-state index in [-0.39, 0.29) is 11.6 Å². The number of rotatable bonds is 6. The lowest BCUT2D eigenvalue weighted by molar-refractivity contribution is -0.385. The Hall–Kier alpha value is -3.40. The zero-order valence-electron chi connectivity index (χ0n) is 17.1. The van der Waals surface area contributed by atoms with Crippen LogP contribution in [0.25, 0.3) is 5.70 Å². The van der Waals surface area contributed by atoms with Gasteiger partial charge in [0.25, 0.3) is 11.6 Å². The van der Waals surface area contributed by atoms with Crippen LogP contribution < -0.4 is 20.6 Å². The molecule has 31 heavy (non-hydrogen) atoms. The highest BCUT2D eigenvalue weighted by Gasteiger charge is 2.36. The predicted octanol–water partition coefficient (Wildman–Crippen LogP) is 2.28. The second kappa shape index (κ2) is 8.76. The van der Waals surface area contributed by atoms with E-state index >= 15 is 0 Å². The van der Waals surface area contributed by atoms with Crippen molar-refractivity contribution in [3.05, 3.63) is 68.7 Å². The van der Waals surface area contributed by atoms with Crippen molar-refractivity contribution in [3.8, 4) is 5.75 Å². The number of nitro groups is 1. The molecule has 2 heterocycles. The standard InChI is InChI=1S/C21H21N5O4S/c1-3-11-30-17-10-9-13(26(28)29)12-15(17)19-22-16-8-6-5-7-14(16)18-20(27)23-21(31-4-2)24-25(18)19/h5-10,12,19H,3-4,11H2,1-2H3,(H,23,24,27)/t19-/m1/s1. The van der Waals surface area contributed by atoms with Gasteiger partial charge in [0.05, 0.1) is 16.9 Å². The Bertz CT molecular complexity index is 1200. The Balaban J connectivity index is 1.95. The summed E-state index contributed by atoms with van der Waals surface area (Å²) in [6.07, 6.45) is -0.00447. The van der Waals surface area contributed by atoms with Gasteiger partial charge >= 0.3 is 0 Å². The van der Waals surface area contributed by atoms with Crippen molar-refractivity contribution < 1.29 is 14.5 Å². The number of hydrogen-bond donors (Lipinski definition) is 1. The molecule has 9 nitrogen and oxygen atoms in total. The van der Waals surface area contributed by atoms with Crippen molar-refractivity contribution in [2.75, 3.05) is 12.4 Å². The molecule has 0 aliphatic carbocycles. The third-order valence-electron chi connectivity index (χ3n) is 4.74. The summed E-state index contributed by atoms with van der Waals surface area (Å²) in [6.45, 7) is 4.39. The number of hydrazone groups is 1. The van der Waals surface area contributed by atoms with Gasteiger partial charge in [-0.1, -0.05) is 43.8 Å². The van der Waals surface area contributed by atoms with Crippen LogP contribution in [0.2, 0.25) is 0 Å². The van der Waals surface area contributed by atoms with Gasteiger partial charge in [-0.05, 0) is 24.3 Å². The summed E-state index contributed by atoms with van der Waals surface area (Å²) in [5.41, 5.74) is 0.751. The van der Waals surface area contributed by atoms with E-state index in [1.165, 1.54) is 28.9 Å². The first-order valence-electron chi connectivity index (χ1n) is 9.93. The second-order valence-corrected chi connectivity index (χ2v) is 8.09. The number of hydrogen-bond acceptors (Lipinski definition) is 8. The first-order valence-corrected chi connectivity index (χ1v) is 10.9. The third kappa shape index (κ3) is 3.98. The fourth-order valence-corrected chi connectivity index (χ4v) is 4.01. The summed E-state index contributed by atoms with van der Waals surface area (Å²) in [5, 5.41) is 22.2. The molecular weight excluding hydrogens is 418 g/mol. The Morgan fingerprint density at radius 3 is 2.81 bits per heavy atom. The molecule has 1 N–H and O–H groups in total. The fourth-order valence-electron chi connectivity index (χ4n) is 3.43. The van der Waals surface area contributed by atoms with Crippen LogP contribution in [0.5, 0.6) is 5.75 Å². The van der Waals surface area contributed by atoms with Gasteiger partial charge in [0, 0.05) is 22.9 Å². The number of nitrogens with one attached hydrogen (secondary N) is 1. The molecule has 0 saturated carbocycles. The predicted molar refractivity (Wildman–Crippen MR) is 118 cm³/mol. The maximum atomic E-state index is 13.0. The maximum Gasteiger partial charge on any atom is 0.276 e. The van der Waals surface area contributed by atoms with Gasteiger partial charge in [0.2, 0.25) is 0 Å². The SMILES string of the molecule is CCCOc1ccc([N+](=O)[O-])cc1[C@@H]1N=c2ccccc2=C2C(=O)NC(SCC)=NN21. The average molecular weight is 439 g/mol. The summed E-state index contributed by atoms with van der Waals surface area (Å²) in [6, 6.07) is 11.7. The molecule has 0 spiro atoms. The molecule has 2 aromatic carbocycles. The van der Waals surface area contributed by atoms with Gasteiger partial charge in [-0.3, -0.25) is 25.2 Å². The summed E-state index contributed by atoms with van der Waals surface area (Å²) >= 11 is 1.40. The zero-order valence-corrected chi connectivity index (χ0v) is 17.9. The van der Waals surface area contributed by atoms with E-state index in [1.54, 1.807) is 6.07 Å². The van der Waals surface area contributed by atoms with Crippen molar-refractivity contribution in [2.24, 2.45) is 10.1 Å². The van der Waals surface area contributed by atoms with E-state index in [0.29, 0.717) is 39.4 Å². The smallest absolute Gasteiger partial charge is 0.276 e. The molecule has 0 radical (unpaired) electrons. The molecular formula is C21H21N5O4S. The largest absolute Gasteiger partial charge is 0.493 e. The van der Waals surface area contributed by atoms with Crippen molar-refractivity contribution in [2.45, 2.75) is 26.4 Å². The van der Waals surface area contributed by atoms with Crippen molar-refractivity contribution in [1.82, 2.24) is 10.3 Å². The van der Waals surface area contributed by atoms with Crippen LogP contribution in [0.4, 0.5) is 5.69 Å². The Morgan fingerprint density at radius 2 is 2.06 bits per heavy atom. The number of nitrogens with zero attached hydrogens (tertiary/aromatic N) is 4. The number of amides is 1. The lowest BCUT2D eigenvalue weighted by atomic mass is 10.1. The molecule has 0 bridgehead atoms. The highest BCUT2D eigenvalue weighted by Crippen LogP contribution is 2.37. The van der Waals surface area contributed by atoms with E-state index in [1.807, 2.05) is 38.1 Å². The Kier molecular flexibility index (Phi) is 5.90. The van der Waals surface area contributed by atoms with Gasteiger partial charge in [-0.2, -0.15) is 0 Å². The first-order chi connectivity index (χ1) is 15.0. The summed E-state index contributed by atoms with van der Waals surface area (Å²) < 4.78 is 5.87. The van der Waals surface area contributed by atoms with Crippen LogP contribution in [0.1, 0.15) is 32.0 Å². The minimum Gasteiger partial charge on any atom is -0.493 e. The van der Waals surface area contributed by atoms with Crippen LogP contribution in [-0.4, -0.2) is 33.4 Å². The van der Waals surface area contributed by atoms with E-state index in [4.69, 9.17) is 9.73 Å². The van der Waals surface area contributed by atoms with Crippen molar-refractivity contribution in [1.29, 1.82) is 0 Å². The highest BCUT2D eigenvalue weighted by molar-refractivity contribution is 8.13. The Morgan fingerprint density at radius 1 is 1.26 bits per heavy atom. The number of thioether (sulfide) groups is 1. The Labute approximate surface area is 182 Å². The average Bonchev–Trinajstić information content (AvgIpc) is 2.77. The lowest BCUT2D eigenvalue weighted by Crippen LogP contribution is -2.50. The van der Waals surface area contributed by atoms with Crippen LogP contribution in [0.15, 0.2) is 52.6 Å². The number of ether oxygens (including phenoxy) is 1. The quantitative estimate of drug-likeness (QED) is 0.546. The number of benzene rings is 2. The first kappa shape index (κ1) is 20.9. The normalized spacial score (nSPS) is 17.2. The van der Waals surface area contributed by atoms with Crippen LogP contribution >= 0.6 is 11.8 Å². The topological polar surface area (TPSA) is 109 Å². The molecule has 2 aliphatic rings. The van der Waals surface area contributed by atoms with Gasteiger partial charge in [-0.15, -0.1) is 5.10 Å². The monoisotopic (exact) mass is 439 g/mol. The van der Waals surface area contributed by atoms with Crippen LogP contribution in [0, 0.1) is 10.1 Å². The molecule has 1 atom stereocenters. The number of para-hydroxylation sites is 1. The molecule has 0 aromatic heterocycles. The number of amidine groups is 1. The molecule has 0 fully saturated rings. The molecule has 0 saturated heterocycles. The summed E-state index contributed by atoms with van der Waals surface area (Å²) in [4.78, 5) is 28.8. The third-order valence-corrected chi connectivity index (χ3v) is 5.49. The summed E-state index contributed by atoms with van der Waals surface area (Å²) in [7, 11) is 0. The van der Waals surface area contributed by atoms with Crippen molar-refractivity contribution in [3.63, 3.8) is 0 Å². The van der Waals surface area contributed by atoms with E-state index in [0.717, 1.165) is 12.2 Å². The number of non-ortho nitro benzene ring substituents is 1. The van der Waals surface area contributed by atoms with Crippen LogP contribution in [-0.2, 0) is 4.79 Å². The second-order valence-electron chi connectivity index (χ2n) is 6.83. The van der Waals surface area contributed by atoms with E-state index < -0.39 is 11.1 Å². The molecule has 10 heteroatoms. The molecule has 0 unspecified atom stereocenters. The van der Waals surface area contributed by atoms with E-state index in [2.05, 4.69) is 10.4 Å². The highest BCUT2D eigenvalue weighted by atomic mass is 32.2. The van der Waals surface area contributed by atoms with Crippen LogP contribution in [0.3, 0.4) is 0 Å². The lowest BCUT2D eigenvalue weighted by Gasteiger charge is -2.34. The summed E-state index contributed by atoms with van der Waals surface area (Å²) in [5.74, 6) is 0.910. The number of fused-ring (bicyclic) bond motifs is 2. The number of carbonyl (C=O) groups excluding carboxylic acids is 1.